The second kappa shape index (κ2) is 11.6. The largest absolute Gasteiger partial charge is 0.365 e. The highest BCUT2D eigenvalue weighted by molar-refractivity contribution is 5.99. The molecule has 2 aromatic carbocycles. The van der Waals surface area contributed by atoms with E-state index in [0.717, 1.165) is 58.6 Å². The number of pyridine rings is 1. The Hall–Kier alpha value is -5.23. The van der Waals surface area contributed by atoms with Crippen molar-refractivity contribution in [2.24, 2.45) is 5.92 Å². The van der Waals surface area contributed by atoms with E-state index in [0.29, 0.717) is 31.9 Å². The first-order chi connectivity index (χ1) is 22.5. The molecule has 0 radical (unpaired) electrons. The molecule has 3 aliphatic rings. The first kappa shape index (κ1) is 28.3. The predicted molar refractivity (Wildman–Crippen MR) is 171 cm³/mol. The zero-order chi connectivity index (χ0) is 31.2. The van der Waals surface area contributed by atoms with Crippen LogP contribution in [0.4, 0.5) is 15.8 Å². The third kappa shape index (κ3) is 5.34. The smallest absolute Gasteiger partial charge is 0.237 e. The molecule has 46 heavy (non-hydrogen) atoms. The summed E-state index contributed by atoms with van der Waals surface area (Å²) in [6.45, 7) is 3.09. The van der Waals surface area contributed by atoms with Crippen molar-refractivity contribution in [1.29, 1.82) is 0 Å². The van der Waals surface area contributed by atoms with Crippen LogP contribution in [0.15, 0.2) is 79.4 Å². The van der Waals surface area contributed by atoms with E-state index in [1.54, 1.807) is 12.4 Å². The number of H-pyrrole nitrogens is 1. The third-order valence-corrected chi connectivity index (χ3v) is 9.42. The van der Waals surface area contributed by atoms with Crippen molar-refractivity contribution < 1.29 is 14.0 Å². The number of fused-ring (bicyclic) bond motifs is 3. The lowest BCUT2D eigenvalue weighted by atomic mass is 10.1. The van der Waals surface area contributed by atoms with E-state index in [1.165, 1.54) is 12.4 Å². The van der Waals surface area contributed by atoms with Crippen molar-refractivity contribution in [3.8, 4) is 22.6 Å². The molecule has 2 bridgehead atoms. The van der Waals surface area contributed by atoms with Gasteiger partial charge in [-0.2, -0.15) is 5.10 Å². The minimum Gasteiger partial charge on any atom is -0.365 e. The van der Waals surface area contributed by atoms with Crippen LogP contribution in [0.3, 0.4) is 0 Å². The third-order valence-electron chi connectivity index (χ3n) is 9.42. The number of amides is 2. The number of carbonyl (C=O) groups is 2. The molecule has 232 valence electrons. The fraction of sp³-hybridized carbons (Fsp3) is 0.294. The first-order valence-corrected chi connectivity index (χ1v) is 15.5. The normalized spacial score (nSPS) is 20.9. The van der Waals surface area contributed by atoms with E-state index in [1.807, 2.05) is 59.5 Å². The Bertz CT molecular complexity index is 1900. The zero-order valence-corrected chi connectivity index (χ0v) is 25.0. The summed E-state index contributed by atoms with van der Waals surface area (Å²) in [5, 5.41) is 11.5. The number of piperazine rings is 1. The maximum Gasteiger partial charge on any atom is 0.237 e. The number of benzene rings is 2. The van der Waals surface area contributed by atoms with Gasteiger partial charge in [-0.1, -0.05) is 0 Å². The fourth-order valence-electron chi connectivity index (χ4n) is 7.09. The molecule has 6 heterocycles. The van der Waals surface area contributed by atoms with Crippen molar-refractivity contribution >= 4 is 34.1 Å². The molecule has 0 unspecified atom stereocenters. The van der Waals surface area contributed by atoms with Gasteiger partial charge in [-0.05, 0) is 74.0 Å². The molecule has 3 fully saturated rings. The highest BCUT2D eigenvalue weighted by atomic mass is 19.1. The summed E-state index contributed by atoms with van der Waals surface area (Å²) in [4.78, 5) is 45.3. The number of aromatic nitrogens is 5. The van der Waals surface area contributed by atoms with E-state index < -0.39 is 5.82 Å². The van der Waals surface area contributed by atoms with Gasteiger partial charge >= 0.3 is 0 Å². The molecule has 3 aliphatic heterocycles. The molecule has 0 saturated carbocycles. The Morgan fingerprint density at radius 3 is 2.50 bits per heavy atom. The van der Waals surface area contributed by atoms with E-state index in [2.05, 4.69) is 40.3 Å². The Kier molecular flexibility index (Phi) is 7.13. The molecule has 3 saturated heterocycles. The summed E-state index contributed by atoms with van der Waals surface area (Å²) in [6, 6.07) is 18.0. The molecule has 12 heteroatoms. The minimum atomic E-state index is -0.459. The number of likely N-dealkylation sites (tertiary alicyclic amines) is 2. The number of nitrogens with zero attached hydrogens (tertiary/aromatic N) is 7. The van der Waals surface area contributed by atoms with Gasteiger partial charge in [-0.15, -0.1) is 0 Å². The van der Waals surface area contributed by atoms with Crippen LogP contribution in [0.25, 0.3) is 33.5 Å². The van der Waals surface area contributed by atoms with Crippen LogP contribution in [0.2, 0.25) is 0 Å². The number of anilines is 2. The number of carbonyl (C=O) groups excluding carboxylic acids is 2. The molecule has 0 spiro atoms. The molecule has 8 rings (SSSR count). The van der Waals surface area contributed by atoms with Crippen LogP contribution in [-0.2, 0) is 9.59 Å². The second-order valence-electron chi connectivity index (χ2n) is 12.3. The highest BCUT2D eigenvalue weighted by Crippen LogP contribution is 2.36. The summed E-state index contributed by atoms with van der Waals surface area (Å²) in [5.74, 6) is -0.0528. The number of nitrogens with one attached hydrogen (secondary N) is 2. The molecule has 2 N–H and O–H groups in total. The molecule has 5 aromatic rings. The monoisotopic (exact) mass is 617 g/mol. The topological polar surface area (TPSA) is 123 Å². The average molecular weight is 618 g/mol. The second-order valence-corrected chi connectivity index (χ2v) is 12.3. The van der Waals surface area contributed by atoms with Crippen molar-refractivity contribution in [3.63, 3.8) is 0 Å². The van der Waals surface area contributed by atoms with Crippen LogP contribution >= 0.6 is 0 Å². The van der Waals surface area contributed by atoms with E-state index >= 15 is 0 Å². The number of rotatable bonds is 7. The van der Waals surface area contributed by atoms with Gasteiger partial charge in [0.15, 0.2) is 11.6 Å². The van der Waals surface area contributed by atoms with Crippen molar-refractivity contribution in [1.82, 2.24) is 34.9 Å². The van der Waals surface area contributed by atoms with Gasteiger partial charge in [0.2, 0.25) is 11.8 Å². The minimum absolute atomic E-state index is 0.0314. The Morgan fingerprint density at radius 2 is 1.74 bits per heavy atom. The van der Waals surface area contributed by atoms with E-state index in [4.69, 9.17) is 0 Å². The summed E-state index contributed by atoms with van der Waals surface area (Å²) in [5.41, 5.74) is 5.31. The average Bonchev–Trinajstić information content (AvgIpc) is 3.90. The maximum absolute atomic E-state index is 13.4. The molecule has 0 aliphatic carbocycles. The molecule has 11 nitrogen and oxygen atoms in total. The molecule has 3 aromatic heterocycles. The fourth-order valence-corrected chi connectivity index (χ4v) is 7.09. The van der Waals surface area contributed by atoms with Crippen LogP contribution in [0.1, 0.15) is 12.8 Å². The SMILES string of the molecule is O=C(Nc1ccc2[nH]nc(-c3ccncc3)c2c1)[C@@H]1CCN(CC(=O)N2C[C@H]3C[C@@H]2CN3c2ccc(-c3ncc(F)cn3)cc2)C1. The van der Waals surface area contributed by atoms with Crippen LogP contribution in [0.5, 0.6) is 0 Å². The number of aromatic amines is 1. The predicted octanol–water partition coefficient (Wildman–Crippen LogP) is 3.97. The lowest BCUT2D eigenvalue weighted by molar-refractivity contribution is -0.133. The molecule has 3 atom stereocenters. The number of hydrogen-bond donors (Lipinski definition) is 2. The van der Waals surface area contributed by atoms with Crippen molar-refractivity contribution in [2.45, 2.75) is 24.9 Å². The lowest BCUT2D eigenvalue weighted by Gasteiger charge is -2.36. The molecular formula is C34H32FN9O2. The molecule has 2 amide bonds. The number of hydrogen-bond acceptors (Lipinski definition) is 8. The number of halogens is 1. The molecular weight excluding hydrogens is 585 g/mol. The van der Waals surface area contributed by atoms with E-state index in [-0.39, 0.29) is 29.8 Å². The zero-order valence-electron chi connectivity index (χ0n) is 25.0. The van der Waals surface area contributed by atoms with E-state index in [9.17, 15) is 14.0 Å². The van der Waals surface area contributed by atoms with Gasteiger partial charge in [-0.25, -0.2) is 14.4 Å². The van der Waals surface area contributed by atoms with Crippen molar-refractivity contribution in [3.05, 3.63) is 85.2 Å². The standard InChI is InChI=1S/C34H32FN9O2/c35-24-15-37-33(38-16-24)22-1-4-26(5-2-22)43-18-28-14-27(43)19-44(28)31(45)20-42-12-9-23(17-42)34(46)39-25-3-6-30-29(13-25)32(41-40-30)21-7-10-36-11-8-21/h1-8,10-11,13,15-16,23,27-28H,9,12,14,17-20H2,(H,39,46)(H,40,41)/t23-,27-,28-/m1/s1. The summed E-state index contributed by atoms with van der Waals surface area (Å²) in [7, 11) is 0. The lowest BCUT2D eigenvalue weighted by Crippen LogP contribution is -2.51. The Morgan fingerprint density at radius 1 is 0.935 bits per heavy atom. The van der Waals surface area contributed by atoms with Crippen LogP contribution in [-0.4, -0.2) is 91.6 Å². The maximum atomic E-state index is 13.4. The first-order valence-electron chi connectivity index (χ1n) is 15.5. The van der Waals surface area contributed by atoms with Crippen molar-refractivity contribution in [2.75, 3.05) is 42.9 Å². The van der Waals surface area contributed by atoms with Gasteiger partial charge in [0.25, 0.3) is 0 Å². The summed E-state index contributed by atoms with van der Waals surface area (Å²) in [6.07, 6.45) is 7.46. The highest BCUT2D eigenvalue weighted by Gasteiger charge is 2.45. The van der Waals surface area contributed by atoms with Gasteiger partial charge in [0.1, 0.15) is 5.69 Å². The van der Waals surface area contributed by atoms with Gasteiger partial charge in [0, 0.05) is 66.0 Å². The van der Waals surface area contributed by atoms with Crippen LogP contribution < -0.4 is 10.2 Å². The quantitative estimate of drug-likeness (QED) is 0.281. The van der Waals surface area contributed by atoms with Gasteiger partial charge in [0.05, 0.1) is 36.4 Å². The van der Waals surface area contributed by atoms with Gasteiger partial charge < -0.3 is 15.1 Å². The van der Waals surface area contributed by atoms with Gasteiger partial charge in [-0.3, -0.25) is 24.6 Å². The Balaban J connectivity index is 0.846. The summed E-state index contributed by atoms with van der Waals surface area (Å²) < 4.78 is 13.2. The summed E-state index contributed by atoms with van der Waals surface area (Å²) >= 11 is 0. The van der Waals surface area contributed by atoms with Crippen LogP contribution in [0, 0.1) is 11.7 Å². The Labute approximate surface area is 264 Å².